The van der Waals surface area contributed by atoms with Crippen molar-refractivity contribution >= 4 is 17.5 Å². The highest BCUT2D eigenvalue weighted by Crippen LogP contribution is 2.16. The van der Waals surface area contributed by atoms with Crippen molar-refractivity contribution in [3.63, 3.8) is 0 Å². The standard InChI is InChI=1S/C13H14ClN3O3/c1-8(20-11-4-2-9(14)3-5-11)13(19)15-7-10-6-12(18)17-16-10/h2-6,8H,7H2,1H3,(H,15,19)(H2,16,17,18). The van der Waals surface area contributed by atoms with Gasteiger partial charge in [-0.05, 0) is 31.2 Å². The first-order valence-corrected chi connectivity index (χ1v) is 6.39. The summed E-state index contributed by atoms with van der Waals surface area (Å²) in [7, 11) is 0. The van der Waals surface area contributed by atoms with Gasteiger partial charge in [0.25, 0.3) is 11.5 Å². The molecule has 0 fully saturated rings. The summed E-state index contributed by atoms with van der Waals surface area (Å²) in [5.74, 6) is 0.286. The second-order valence-electron chi connectivity index (χ2n) is 4.22. The van der Waals surface area contributed by atoms with Crippen molar-refractivity contribution in [2.45, 2.75) is 19.6 Å². The molecule has 0 saturated carbocycles. The second kappa shape index (κ2) is 6.29. The third kappa shape index (κ3) is 3.89. The zero-order chi connectivity index (χ0) is 14.5. The molecule has 0 radical (unpaired) electrons. The van der Waals surface area contributed by atoms with E-state index in [-0.39, 0.29) is 18.0 Å². The minimum atomic E-state index is -0.651. The van der Waals surface area contributed by atoms with Crippen LogP contribution in [-0.2, 0) is 11.3 Å². The van der Waals surface area contributed by atoms with E-state index in [2.05, 4.69) is 15.5 Å². The van der Waals surface area contributed by atoms with Gasteiger partial charge in [-0.1, -0.05) is 11.6 Å². The van der Waals surface area contributed by atoms with Crippen molar-refractivity contribution in [3.05, 3.63) is 51.4 Å². The van der Waals surface area contributed by atoms with Crippen molar-refractivity contribution in [2.24, 2.45) is 0 Å². The fourth-order valence-corrected chi connectivity index (χ4v) is 1.69. The zero-order valence-electron chi connectivity index (χ0n) is 10.8. The molecule has 6 nitrogen and oxygen atoms in total. The van der Waals surface area contributed by atoms with Crippen molar-refractivity contribution in [1.29, 1.82) is 0 Å². The Morgan fingerprint density at radius 2 is 2.05 bits per heavy atom. The Bertz CT molecular complexity index is 633. The summed E-state index contributed by atoms with van der Waals surface area (Å²) >= 11 is 5.76. The number of nitrogens with one attached hydrogen (secondary N) is 3. The maximum absolute atomic E-state index is 11.8. The summed E-state index contributed by atoms with van der Waals surface area (Å²) in [5.41, 5.74) is 0.363. The van der Waals surface area contributed by atoms with Crippen LogP contribution in [0.3, 0.4) is 0 Å². The third-order valence-corrected chi connectivity index (χ3v) is 2.85. The number of aromatic nitrogens is 2. The van der Waals surface area contributed by atoms with E-state index in [9.17, 15) is 9.59 Å². The van der Waals surface area contributed by atoms with Crippen LogP contribution in [0.2, 0.25) is 5.02 Å². The topological polar surface area (TPSA) is 87.0 Å². The summed E-state index contributed by atoms with van der Waals surface area (Å²) in [4.78, 5) is 22.7. The lowest BCUT2D eigenvalue weighted by Crippen LogP contribution is -2.36. The van der Waals surface area contributed by atoms with E-state index in [1.807, 2.05) is 0 Å². The van der Waals surface area contributed by atoms with Gasteiger partial charge in [0.15, 0.2) is 6.10 Å². The SMILES string of the molecule is CC(Oc1ccc(Cl)cc1)C(=O)NCc1cc(=O)[nH][nH]1. The summed E-state index contributed by atoms with van der Waals surface area (Å²) in [6.45, 7) is 1.87. The molecule has 0 saturated heterocycles. The van der Waals surface area contributed by atoms with E-state index < -0.39 is 6.10 Å². The number of ether oxygens (including phenoxy) is 1. The van der Waals surface area contributed by atoms with E-state index in [4.69, 9.17) is 16.3 Å². The minimum Gasteiger partial charge on any atom is -0.481 e. The van der Waals surface area contributed by atoms with Gasteiger partial charge in [0, 0.05) is 11.1 Å². The Kier molecular flexibility index (Phi) is 4.47. The molecule has 0 aliphatic rings. The van der Waals surface area contributed by atoms with Crippen LogP contribution in [0.25, 0.3) is 0 Å². The van der Waals surface area contributed by atoms with Gasteiger partial charge >= 0.3 is 0 Å². The highest BCUT2D eigenvalue weighted by atomic mass is 35.5. The highest BCUT2D eigenvalue weighted by molar-refractivity contribution is 6.30. The molecular weight excluding hydrogens is 282 g/mol. The number of rotatable bonds is 5. The van der Waals surface area contributed by atoms with Gasteiger partial charge in [-0.3, -0.25) is 14.7 Å². The molecule has 1 atom stereocenters. The average molecular weight is 296 g/mol. The number of H-pyrrole nitrogens is 2. The Hall–Kier alpha value is -2.21. The van der Waals surface area contributed by atoms with Crippen LogP contribution in [0.5, 0.6) is 5.75 Å². The maximum atomic E-state index is 11.8. The van der Waals surface area contributed by atoms with Crippen molar-refractivity contribution < 1.29 is 9.53 Å². The predicted octanol–water partition coefficient (Wildman–Crippen LogP) is 1.44. The smallest absolute Gasteiger partial charge is 0.264 e. The van der Waals surface area contributed by atoms with Gasteiger partial charge in [-0.2, -0.15) is 0 Å². The fourth-order valence-electron chi connectivity index (χ4n) is 1.56. The van der Waals surface area contributed by atoms with Crippen molar-refractivity contribution in [3.8, 4) is 5.75 Å². The number of carbonyl (C=O) groups is 1. The van der Waals surface area contributed by atoms with Crippen LogP contribution in [-0.4, -0.2) is 22.2 Å². The number of aromatic amines is 2. The van der Waals surface area contributed by atoms with Gasteiger partial charge < -0.3 is 15.2 Å². The quantitative estimate of drug-likeness (QED) is 0.780. The number of hydrogen-bond donors (Lipinski definition) is 3. The molecular formula is C13H14ClN3O3. The monoisotopic (exact) mass is 295 g/mol. The molecule has 1 aromatic carbocycles. The first-order valence-electron chi connectivity index (χ1n) is 6.01. The Labute approximate surface area is 120 Å². The molecule has 106 valence electrons. The lowest BCUT2D eigenvalue weighted by Gasteiger charge is -2.14. The Balaban J connectivity index is 1.85. The fraction of sp³-hybridized carbons (Fsp3) is 0.231. The second-order valence-corrected chi connectivity index (χ2v) is 4.65. The molecule has 1 unspecified atom stereocenters. The summed E-state index contributed by atoms with van der Waals surface area (Å²) < 4.78 is 5.47. The lowest BCUT2D eigenvalue weighted by atomic mass is 10.3. The van der Waals surface area contributed by atoms with Crippen LogP contribution in [0, 0.1) is 0 Å². The molecule has 20 heavy (non-hydrogen) atoms. The number of amides is 1. The van der Waals surface area contributed by atoms with Crippen LogP contribution in [0.4, 0.5) is 0 Å². The maximum Gasteiger partial charge on any atom is 0.264 e. The van der Waals surface area contributed by atoms with E-state index in [0.29, 0.717) is 16.5 Å². The first kappa shape index (κ1) is 14.2. The number of carbonyl (C=O) groups excluding carboxylic acids is 1. The van der Waals surface area contributed by atoms with Gasteiger partial charge in [-0.25, -0.2) is 0 Å². The van der Waals surface area contributed by atoms with Crippen LogP contribution < -0.4 is 15.6 Å². The number of hydrogen-bond acceptors (Lipinski definition) is 3. The molecule has 1 heterocycles. The van der Waals surface area contributed by atoms with E-state index >= 15 is 0 Å². The molecule has 0 aliphatic carbocycles. The Morgan fingerprint density at radius 1 is 1.35 bits per heavy atom. The van der Waals surface area contributed by atoms with Gasteiger partial charge in [-0.15, -0.1) is 0 Å². The van der Waals surface area contributed by atoms with Crippen LogP contribution in [0.1, 0.15) is 12.6 Å². The van der Waals surface area contributed by atoms with Gasteiger partial charge in [0.05, 0.1) is 12.2 Å². The van der Waals surface area contributed by atoms with E-state index in [1.165, 1.54) is 6.07 Å². The van der Waals surface area contributed by atoms with Crippen LogP contribution in [0.15, 0.2) is 35.1 Å². The van der Waals surface area contributed by atoms with Crippen molar-refractivity contribution in [2.75, 3.05) is 0 Å². The molecule has 7 heteroatoms. The van der Waals surface area contributed by atoms with E-state index in [1.54, 1.807) is 31.2 Å². The lowest BCUT2D eigenvalue weighted by molar-refractivity contribution is -0.127. The molecule has 0 bridgehead atoms. The van der Waals surface area contributed by atoms with Gasteiger partial charge in [0.2, 0.25) is 0 Å². The molecule has 3 N–H and O–H groups in total. The number of benzene rings is 1. The molecule has 1 aromatic heterocycles. The van der Waals surface area contributed by atoms with Crippen molar-refractivity contribution in [1.82, 2.24) is 15.5 Å². The largest absolute Gasteiger partial charge is 0.481 e. The molecule has 0 spiro atoms. The summed E-state index contributed by atoms with van der Waals surface area (Å²) in [6.07, 6.45) is -0.651. The summed E-state index contributed by atoms with van der Waals surface area (Å²) in [5, 5.41) is 8.31. The highest BCUT2D eigenvalue weighted by Gasteiger charge is 2.14. The minimum absolute atomic E-state index is 0.228. The normalized spacial score (nSPS) is 11.9. The molecule has 2 rings (SSSR count). The molecule has 2 aromatic rings. The summed E-state index contributed by atoms with van der Waals surface area (Å²) in [6, 6.07) is 8.13. The zero-order valence-corrected chi connectivity index (χ0v) is 11.5. The third-order valence-electron chi connectivity index (χ3n) is 2.60. The molecule has 1 amide bonds. The Morgan fingerprint density at radius 3 is 2.65 bits per heavy atom. The predicted molar refractivity (Wildman–Crippen MR) is 74.8 cm³/mol. The van der Waals surface area contributed by atoms with Gasteiger partial charge in [0.1, 0.15) is 5.75 Å². The van der Waals surface area contributed by atoms with Crippen LogP contribution >= 0.6 is 11.6 Å². The first-order chi connectivity index (χ1) is 9.54. The van der Waals surface area contributed by atoms with E-state index in [0.717, 1.165) is 0 Å². The average Bonchev–Trinajstić information content (AvgIpc) is 2.84. The molecule has 0 aliphatic heterocycles. The number of halogens is 1.